The van der Waals surface area contributed by atoms with E-state index in [1.165, 1.54) is 5.56 Å². The summed E-state index contributed by atoms with van der Waals surface area (Å²) in [6.07, 6.45) is 7.16. The largest absolute Gasteiger partial charge is 0.368 e. The van der Waals surface area contributed by atoms with E-state index in [-0.39, 0.29) is 17.0 Å². The van der Waals surface area contributed by atoms with Crippen LogP contribution in [0.25, 0.3) is 5.69 Å². The van der Waals surface area contributed by atoms with Gasteiger partial charge < -0.3 is 14.6 Å². The summed E-state index contributed by atoms with van der Waals surface area (Å²) in [6.45, 7) is 1.76. The fraction of sp³-hybridized carbons (Fsp3) is 0.400. The number of amides is 1. The topological polar surface area (TPSA) is 80.2 Å². The number of piperidine rings is 1. The van der Waals surface area contributed by atoms with Gasteiger partial charge in [0, 0.05) is 25.0 Å². The Kier molecular flexibility index (Phi) is 4.54. The van der Waals surface area contributed by atoms with Crippen LogP contribution < -0.4 is 5.56 Å². The van der Waals surface area contributed by atoms with Gasteiger partial charge in [-0.25, -0.2) is 4.68 Å². The zero-order chi connectivity index (χ0) is 21.7. The predicted molar refractivity (Wildman–Crippen MR) is 119 cm³/mol. The molecular formula is C25H26N4O3. The van der Waals surface area contributed by atoms with Crippen molar-refractivity contribution in [2.75, 3.05) is 19.7 Å². The molecule has 1 aromatic carbocycles. The second kappa shape index (κ2) is 7.45. The first-order chi connectivity index (χ1) is 15.6. The van der Waals surface area contributed by atoms with E-state index < -0.39 is 5.60 Å². The zero-order valence-corrected chi connectivity index (χ0v) is 18.0. The van der Waals surface area contributed by atoms with Gasteiger partial charge in [0.15, 0.2) is 0 Å². The van der Waals surface area contributed by atoms with Crippen LogP contribution in [0.5, 0.6) is 0 Å². The molecule has 0 atom stereocenters. The molecule has 7 nitrogen and oxygen atoms in total. The number of ether oxygens (including phenoxy) is 1. The lowest BCUT2D eigenvalue weighted by molar-refractivity contribution is -0.0963. The summed E-state index contributed by atoms with van der Waals surface area (Å²) >= 11 is 0. The number of aryl methyl sites for hydroxylation is 2. The number of H-pyrrole nitrogens is 1. The number of likely N-dealkylation sites (tertiary alicyclic amines) is 1. The lowest BCUT2D eigenvalue weighted by atomic mass is 9.83. The number of rotatable bonds is 2. The summed E-state index contributed by atoms with van der Waals surface area (Å²) in [4.78, 5) is 30.4. The van der Waals surface area contributed by atoms with Crippen LogP contribution in [0.3, 0.4) is 0 Å². The molecule has 164 valence electrons. The second-order valence-corrected chi connectivity index (χ2v) is 9.04. The molecule has 4 heterocycles. The monoisotopic (exact) mass is 430 g/mol. The van der Waals surface area contributed by atoms with Crippen molar-refractivity contribution in [1.82, 2.24) is 19.7 Å². The number of fused-ring (bicyclic) bond motifs is 3. The molecule has 7 heteroatoms. The van der Waals surface area contributed by atoms with Gasteiger partial charge in [0.05, 0.1) is 18.0 Å². The molecule has 0 unspecified atom stereocenters. The van der Waals surface area contributed by atoms with Crippen LogP contribution in [0.2, 0.25) is 0 Å². The Morgan fingerprint density at radius 3 is 2.69 bits per heavy atom. The molecule has 6 rings (SSSR count). The average Bonchev–Trinajstić information content (AvgIpc) is 3.47. The smallest absolute Gasteiger partial charge is 0.261 e. The molecule has 1 amide bonds. The lowest BCUT2D eigenvalue weighted by Gasteiger charge is -2.42. The number of hydrogen-bond acceptors (Lipinski definition) is 4. The van der Waals surface area contributed by atoms with Crippen molar-refractivity contribution in [3.8, 4) is 5.69 Å². The first-order valence-electron chi connectivity index (χ1n) is 11.5. The van der Waals surface area contributed by atoms with Crippen molar-refractivity contribution in [3.63, 3.8) is 0 Å². The quantitative estimate of drug-likeness (QED) is 0.678. The molecule has 0 bridgehead atoms. The first kappa shape index (κ1) is 19.5. The van der Waals surface area contributed by atoms with Gasteiger partial charge in [-0.1, -0.05) is 18.2 Å². The highest BCUT2D eigenvalue weighted by Crippen LogP contribution is 2.41. The van der Waals surface area contributed by atoms with E-state index in [1.54, 1.807) is 4.90 Å². The van der Waals surface area contributed by atoms with Gasteiger partial charge in [0.1, 0.15) is 11.2 Å². The molecule has 1 fully saturated rings. The molecule has 1 N–H and O–H groups in total. The fourth-order valence-electron chi connectivity index (χ4n) is 5.41. The van der Waals surface area contributed by atoms with E-state index in [0.717, 1.165) is 48.3 Å². The molecule has 3 aromatic rings. The summed E-state index contributed by atoms with van der Waals surface area (Å²) < 4.78 is 8.25. The maximum Gasteiger partial charge on any atom is 0.261 e. The highest BCUT2D eigenvalue weighted by molar-refractivity contribution is 5.94. The minimum atomic E-state index is -0.464. The van der Waals surface area contributed by atoms with Crippen molar-refractivity contribution in [2.24, 2.45) is 0 Å². The maximum absolute atomic E-state index is 13.2. The number of carbonyl (C=O) groups is 1. The van der Waals surface area contributed by atoms with Crippen LogP contribution in [0.4, 0.5) is 0 Å². The Labute approximate surface area is 186 Å². The van der Waals surface area contributed by atoms with E-state index in [9.17, 15) is 9.59 Å². The molecule has 2 aliphatic heterocycles. The number of carbonyl (C=O) groups excluding carboxylic acids is 1. The fourth-order valence-corrected chi connectivity index (χ4v) is 5.41. The third-order valence-corrected chi connectivity index (χ3v) is 7.17. The SMILES string of the molecule is O=C(c1cc2c([nH]c1=O)CCC2)N1CCC2(CC1)OCCc1cn(-c3ccccc3)nc12. The second-order valence-electron chi connectivity index (χ2n) is 9.04. The molecule has 32 heavy (non-hydrogen) atoms. The molecule has 2 aromatic heterocycles. The van der Waals surface area contributed by atoms with Gasteiger partial charge in [-0.2, -0.15) is 5.10 Å². The average molecular weight is 431 g/mol. The van der Waals surface area contributed by atoms with Gasteiger partial charge in [-0.15, -0.1) is 0 Å². The van der Waals surface area contributed by atoms with Gasteiger partial charge in [0.2, 0.25) is 0 Å². The van der Waals surface area contributed by atoms with Crippen LogP contribution in [-0.2, 0) is 29.6 Å². The van der Waals surface area contributed by atoms with Gasteiger partial charge in [0.25, 0.3) is 11.5 Å². The number of aromatic nitrogens is 3. The van der Waals surface area contributed by atoms with Gasteiger partial charge >= 0.3 is 0 Å². The lowest BCUT2D eigenvalue weighted by Crippen LogP contribution is -2.49. The van der Waals surface area contributed by atoms with Gasteiger partial charge in [-0.3, -0.25) is 9.59 Å². The third-order valence-electron chi connectivity index (χ3n) is 7.17. The summed E-state index contributed by atoms with van der Waals surface area (Å²) in [5, 5.41) is 4.91. The predicted octanol–water partition coefficient (Wildman–Crippen LogP) is 2.75. The number of nitrogens with one attached hydrogen (secondary N) is 1. The van der Waals surface area contributed by atoms with Crippen LogP contribution in [0.15, 0.2) is 47.4 Å². The van der Waals surface area contributed by atoms with Crippen LogP contribution >= 0.6 is 0 Å². The van der Waals surface area contributed by atoms with Crippen LogP contribution in [0, 0.1) is 0 Å². The molecule has 1 saturated heterocycles. The Bertz CT molecular complexity index is 1240. The van der Waals surface area contributed by atoms with Crippen LogP contribution in [0.1, 0.15) is 52.1 Å². The molecule has 1 aliphatic carbocycles. The van der Waals surface area contributed by atoms with E-state index in [1.807, 2.05) is 41.1 Å². The number of hydrogen-bond donors (Lipinski definition) is 1. The van der Waals surface area contributed by atoms with Crippen molar-refractivity contribution >= 4 is 5.91 Å². The van der Waals surface area contributed by atoms with Crippen molar-refractivity contribution in [3.05, 3.63) is 81.0 Å². The Morgan fingerprint density at radius 2 is 1.88 bits per heavy atom. The summed E-state index contributed by atoms with van der Waals surface area (Å²) in [7, 11) is 0. The number of pyridine rings is 1. The number of para-hydroxylation sites is 1. The summed E-state index contributed by atoms with van der Waals surface area (Å²) in [5.74, 6) is -0.179. The molecular weight excluding hydrogens is 404 g/mol. The number of aromatic amines is 1. The summed E-state index contributed by atoms with van der Waals surface area (Å²) in [5.41, 5.74) is 4.86. The molecule has 1 spiro atoms. The molecule has 0 saturated carbocycles. The van der Waals surface area contributed by atoms with Crippen molar-refractivity contribution in [2.45, 2.75) is 44.1 Å². The first-order valence-corrected chi connectivity index (χ1v) is 11.5. The number of nitrogens with zero attached hydrogens (tertiary/aromatic N) is 3. The van der Waals surface area contributed by atoms with Gasteiger partial charge in [-0.05, 0) is 67.9 Å². The van der Waals surface area contributed by atoms with E-state index in [0.29, 0.717) is 32.5 Å². The van der Waals surface area contributed by atoms with Crippen molar-refractivity contribution < 1.29 is 9.53 Å². The minimum Gasteiger partial charge on any atom is -0.368 e. The van der Waals surface area contributed by atoms with E-state index >= 15 is 0 Å². The highest BCUT2D eigenvalue weighted by atomic mass is 16.5. The van der Waals surface area contributed by atoms with E-state index in [4.69, 9.17) is 9.84 Å². The minimum absolute atomic E-state index is 0.179. The standard InChI is InChI=1S/C25H26N4O3/c30-23-20(15-17-5-4-8-21(17)26-23)24(31)28-12-10-25(11-13-28)22-18(9-14-32-25)16-29(27-22)19-6-2-1-3-7-19/h1-3,6-7,15-16H,4-5,8-14H2,(H,26,30). The highest BCUT2D eigenvalue weighted by Gasteiger charge is 2.44. The normalized spacial score (nSPS) is 19.1. The number of benzene rings is 1. The summed E-state index contributed by atoms with van der Waals surface area (Å²) in [6, 6.07) is 11.9. The Hall–Kier alpha value is -3.19. The van der Waals surface area contributed by atoms with E-state index in [2.05, 4.69) is 11.2 Å². The van der Waals surface area contributed by atoms with Crippen LogP contribution in [-0.4, -0.2) is 45.3 Å². The Balaban J connectivity index is 1.24. The zero-order valence-electron chi connectivity index (χ0n) is 18.0. The third kappa shape index (κ3) is 3.11. The molecule has 3 aliphatic rings. The maximum atomic E-state index is 13.2. The Morgan fingerprint density at radius 1 is 1.06 bits per heavy atom. The van der Waals surface area contributed by atoms with Crippen molar-refractivity contribution in [1.29, 1.82) is 0 Å². The molecule has 0 radical (unpaired) electrons.